The highest BCUT2D eigenvalue weighted by atomic mass is 16.6. The summed E-state index contributed by atoms with van der Waals surface area (Å²) < 4.78 is 17.4. The second-order valence-electron chi connectivity index (χ2n) is 18.8. The van der Waals surface area contributed by atoms with E-state index in [1.807, 2.05) is 0 Å². The molecule has 0 heterocycles. The van der Waals surface area contributed by atoms with Gasteiger partial charge in [0, 0.05) is 19.4 Å². The Morgan fingerprint density at radius 3 is 1.15 bits per heavy atom. The lowest BCUT2D eigenvalue weighted by atomic mass is 10.0. The highest BCUT2D eigenvalue weighted by Gasteiger charge is 2.17. The van der Waals surface area contributed by atoms with Crippen LogP contribution in [0.4, 0.5) is 0 Å². The van der Waals surface area contributed by atoms with Crippen LogP contribution in [0.5, 0.6) is 0 Å². The molecule has 0 aromatic carbocycles. The lowest BCUT2D eigenvalue weighted by molar-refractivity contribution is -0.163. The van der Waals surface area contributed by atoms with E-state index in [0.717, 1.165) is 89.9 Å². The van der Waals surface area contributed by atoms with Crippen LogP contribution in [0.1, 0.15) is 278 Å². The summed E-state index contributed by atoms with van der Waals surface area (Å²) in [4.78, 5) is 25.5. The molecule has 5 nitrogen and oxygen atoms in total. The number of carbonyl (C=O) groups excluding carboxylic acids is 2. The predicted molar refractivity (Wildman–Crippen MR) is 288 cm³/mol. The molecular weight excluding hydrogens is 813 g/mol. The van der Waals surface area contributed by atoms with Gasteiger partial charge in [-0.25, -0.2) is 0 Å². The van der Waals surface area contributed by atoms with E-state index in [2.05, 4.69) is 93.7 Å². The standard InChI is InChI=1S/C61H108O5/c1-4-7-10-13-16-19-22-24-26-28-30-32-34-36-38-41-44-47-50-53-56-64-57-59(66-61(63)55-52-49-46-43-39-21-18-15-12-9-6-3)58-65-60(62)54-51-48-45-42-40-37-35-33-31-29-27-25-23-20-17-14-11-8-5-2/h7,10,15-16,18-19,24,26,30,32,36,38,59H,4-6,8-9,11-14,17,20-23,25,27-29,31,33-35,37,39-58H2,1-3H3/b10-7-,18-15-,19-16-,26-24-,32-30-,38-36-. The number of unbranched alkanes of at least 4 members (excludes halogenated alkanes) is 29. The fourth-order valence-electron chi connectivity index (χ4n) is 7.99. The van der Waals surface area contributed by atoms with E-state index < -0.39 is 6.10 Å². The van der Waals surface area contributed by atoms with Gasteiger partial charge < -0.3 is 14.2 Å². The fourth-order valence-corrected chi connectivity index (χ4v) is 7.99. The van der Waals surface area contributed by atoms with Crippen LogP contribution in [-0.2, 0) is 23.8 Å². The van der Waals surface area contributed by atoms with Gasteiger partial charge in [0.2, 0.25) is 0 Å². The molecule has 0 spiro atoms. The van der Waals surface area contributed by atoms with Gasteiger partial charge in [0.1, 0.15) is 6.61 Å². The van der Waals surface area contributed by atoms with Gasteiger partial charge in [-0.1, -0.05) is 254 Å². The van der Waals surface area contributed by atoms with E-state index in [9.17, 15) is 9.59 Å². The molecule has 1 atom stereocenters. The normalized spacial score (nSPS) is 12.7. The van der Waals surface area contributed by atoms with E-state index in [-0.39, 0.29) is 25.2 Å². The Morgan fingerprint density at radius 2 is 0.697 bits per heavy atom. The first-order chi connectivity index (χ1) is 32.6. The first kappa shape index (κ1) is 63.3. The quantitative estimate of drug-likeness (QED) is 0.0346. The van der Waals surface area contributed by atoms with Crippen LogP contribution in [0, 0.1) is 0 Å². The molecule has 0 saturated carbocycles. The Balaban J connectivity index is 4.24. The molecule has 0 aromatic heterocycles. The van der Waals surface area contributed by atoms with Gasteiger partial charge in [0.15, 0.2) is 6.10 Å². The fraction of sp³-hybridized carbons (Fsp3) is 0.770. The smallest absolute Gasteiger partial charge is 0.306 e. The number of carbonyl (C=O) groups is 2. The number of ether oxygens (including phenoxy) is 3. The topological polar surface area (TPSA) is 61.8 Å². The maximum absolute atomic E-state index is 12.8. The molecule has 66 heavy (non-hydrogen) atoms. The first-order valence-corrected chi connectivity index (χ1v) is 28.5. The Hall–Kier alpha value is -2.66. The lowest BCUT2D eigenvalue weighted by Crippen LogP contribution is -2.30. The Morgan fingerprint density at radius 1 is 0.348 bits per heavy atom. The molecule has 0 aliphatic rings. The van der Waals surface area contributed by atoms with Crippen LogP contribution in [0.3, 0.4) is 0 Å². The molecule has 0 amide bonds. The van der Waals surface area contributed by atoms with Gasteiger partial charge in [-0.2, -0.15) is 0 Å². The Labute approximate surface area is 410 Å². The van der Waals surface area contributed by atoms with Crippen LogP contribution in [0.2, 0.25) is 0 Å². The SMILES string of the molecule is CC/C=C\C/C=C\C/C=C\C/C=C\C/C=C\CCCCCCOCC(COC(=O)CCCCCCCCCCCCCCCCCCCCC)OC(=O)CCCCCCC/C=C\CCCC. The van der Waals surface area contributed by atoms with Gasteiger partial charge in [-0.15, -0.1) is 0 Å². The van der Waals surface area contributed by atoms with Crippen molar-refractivity contribution in [2.24, 2.45) is 0 Å². The molecule has 0 bridgehead atoms. The number of allylic oxidation sites excluding steroid dienone is 12. The zero-order valence-corrected chi connectivity index (χ0v) is 44.0. The predicted octanol–water partition coefficient (Wildman–Crippen LogP) is 19.5. The molecule has 1 unspecified atom stereocenters. The van der Waals surface area contributed by atoms with Crippen LogP contribution < -0.4 is 0 Å². The third kappa shape index (κ3) is 54.0. The van der Waals surface area contributed by atoms with Crippen molar-refractivity contribution in [1.82, 2.24) is 0 Å². The molecule has 0 aliphatic carbocycles. The molecule has 0 aromatic rings. The number of rotatable bonds is 52. The van der Waals surface area contributed by atoms with Crippen molar-refractivity contribution in [2.75, 3.05) is 19.8 Å². The second-order valence-corrected chi connectivity index (χ2v) is 18.8. The monoisotopic (exact) mass is 921 g/mol. The van der Waals surface area contributed by atoms with Crippen molar-refractivity contribution < 1.29 is 23.8 Å². The van der Waals surface area contributed by atoms with Crippen molar-refractivity contribution in [3.05, 3.63) is 72.9 Å². The first-order valence-electron chi connectivity index (χ1n) is 28.5. The number of hydrogen-bond donors (Lipinski definition) is 0. The summed E-state index contributed by atoms with van der Waals surface area (Å²) in [6.07, 6.45) is 73.6. The highest BCUT2D eigenvalue weighted by molar-refractivity contribution is 5.70. The van der Waals surface area contributed by atoms with E-state index in [4.69, 9.17) is 14.2 Å². The largest absolute Gasteiger partial charge is 0.462 e. The van der Waals surface area contributed by atoms with E-state index in [1.54, 1.807) is 0 Å². The molecule has 0 rings (SSSR count). The van der Waals surface area contributed by atoms with Crippen LogP contribution in [0.25, 0.3) is 0 Å². The van der Waals surface area contributed by atoms with Gasteiger partial charge in [-0.05, 0) is 83.5 Å². The van der Waals surface area contributed by atoms with Gasteiger partial charge in [0.05, 0.1) is 6.61 Å². The van der Waals surface area contributed by atoms with Crippen molar-refractivity contribution in [1.29, 1.82) is 0 Å². The van der Waals surface area contributed by atoms with E-state index in [0.29, 0.717) is 19.4 Å². The summed E-state index contributed by atoms with van der Waals surface area (Å²) in [6, 6.07) is 0. The maximum atomic E-state index is 12.8. The van der Waals surface area contributed by atoms with Crippen LogP contribution >= 0.6 is 0 Å². The summed E-state index contributed by atoms with van der Waals surface area (Å²) in [5.41, 5.74) is 0. The lowest BCUT2D eigenvalue weighted by Gasteiger charge is -2.18. The molecule has 382 valence electrons. The van der Waals surface area contributed by atoms with Crippen molar-refractivity contribution in [3.8, 4) is 0 Å². The molecule has 0 aliphatic heterocycles. The summed E-state index contributed by atoms with van der Waals surface area (Å²) in [5, 5.41) is 0. The minimum Gasteiger partial charge on any atom is -0.462 e. The van der Waals surface area contributed by atoms with E-state index in [1.165, 1.54) is 154 Å². The zero-order chi connectivity index (χ0) is 47.7. The molecule has 0 saturated heterocycles. The van der Waals surface area contributed by atoms with Gasteiger partial charge in [-0.3, -0.25) is 9.59 Å². The third-order valence-corrected chi connectivity index (χ3v) is 12.2. The summed E-state index contributed by atoms with van der Waals surface area (Å²) in [7, 11) is 0. The zero-order valence-electron chi connectivity index (χ0n) is 44.0. The van der Waals surface area contributed by atoms with Crippen molar-refractivity contribution in [2.45, 2.75) is 284 Å². The van der Waals surface area contributed by atoms with Crippen LogP contribution in [0.15, 0.2) is 72.9 Å². The minimum absolute atomic E-state index is 0.0721. The van der Waals surface area contributed by atoms with Gasteiger partial charge >= 0.3 is 11.9 Å². The summed E-state index contributed by atoms with van der Waals surface area (Å²) in [5.74, 6) is -0.414. The average molecular weight is 922 g/mol. The molecule has 0 radical (unpaired) electrons. The molecule has 5 heteroatoms. The molecular formula is C61H108O5. The van der Waals surface area contributed by atoms with Gasteiger partial charge in [0.25, 0.3) is 0 Å². The van der Waals surface area contributed by atoms with Crippen LogP contribution in [-0.4, -0.2) is 37.9 Å². The maximum Gasteiger partial charge on any atom is 0.306 e. The minimum atomic E-state index is -0.554. The van der Waals surface area contributed by atoms with Crippen molar-refractivity contribution >= 4 is 11.9 Å². The highest BCUT2D eigenvalue weighted by Crippen LogP contribution is 2.16. The molecule has 0 fully saturated rings. The summed E-state index contributed by atoms with van der Waals surface area (Å²) >= 11 is 0. The number of esters is 2. The Bertz CT molecular complexity index is 1180. The van der Waals surface area contributed by atoms with Crippen molar-refractivity contribution in [3.63, 3.8) is 0 Å². The molecule has 0 N–H and O–H groups in total. The second kappa shape index (κ2) is 56.7. The van der Waals surface area contributed by atoms with E-state index >= 15 is 0 Å². The summed E-state index contributed by atoms with van der Waals surface area (Å²) in [6.45, 7) is 7.65. The third-order valence-electron chi connectivity index (χ3n) is 12.2. The Kier molecular flexibility index (Phi) is 54.4. The average Bonchev–Trinajstić information content (AvgIpc) is 3.32. The number of hydrogen-bond acceptors (Lipinski definition) is 5.